The first-order valence-electron chi connectivity index (χ1n) is 31.1. The Labute approximate surface area is 548 Å². The third kappa shape index (κ3) is 15.0. The number of nitrogen functional groups attached to an aromatic ring is 1. The van der Waals surface area contributed by atoms with Gasteiger partial charge in [0.25, 0.3) is 17.6 Å². The molecule has 10 atom stereocenters. The molecule has 2 saturated heterocycles. The topological polar surface area (TPSA) is 363 Å². The number of nitrogens with one attached hydrogen (secondary N) is 2. The number of hydrazone groups is 1. The molecule has 1 unspecified atom stereocenters. The molecule has 0 spiro atoms. The second-order valence-electron chi connectivity index (χ2n) is 24.8. The zero-order chi connectivity index (χ0) is 69.7. The highest BCUT2D eigenvalue weighted by molar-refractivity contribution is 6.24. The number of nitrogens with two attached hydrogens (primary N) is 1. The van der Waals surface area contributed by atoms with E-state index in [0.29, 0.717) is 48.7 Å². The van der Waals surface area contributed by atoms with Crippen LogP contribution in [0.4, 0.5) is 15.8 Å². The predicted molar refractivity (Wildman–Crippen MR) is 351 cm³/mol. The van der Waals surface area contributed by atoms with Crippen LogP contribution in [0.25, 0.3) is 21.7 Å². The molecule has 6 aliphatic heterocycles. The molecule has 6 aliphatic rings. The van der Waals surface area contributed by atoms with E-state index >= 15 is 0 Å². The summed E-state index contributed by atoms with van der Waals surface area (Å²) in [6, 6.07) is 4.17. The van der Waals surface area contributed by atoms with E-state index in [1.165, 1.54) is 78.0 Å². The van der Waals surface area contributed by atoms with E-state index in [1.54, 1.807) is 61.6 Å². The number of hydrazine groups is 1. The number of nitrogens with zero attached hydrogens (tertiary/aromatic N) is 7. The number of hydrogen-bond donors (Lipinski definition) is 9. The number of Topliss-reactive ketones (excluding diaryl/α,β-unsaturated/α-hetero) is 1. The van der Waals surface area contributed by atoms with Crippen molar-refractivity contribution in [1.82, 2.24) is 29.8 Å². The lowest BCUT2D eigenvalue weighted by atomic mass is 9.78. The fourth-order valence-electron chi connectivity index (χ4n) is 12.2. The summed E-state index contributed by atoms with van der Waals surface area (Å²) in [5, 5.41) is 76.2. The van der Waals surface area contributed by atoms with Gasteiger partial charge in [0.2, 0.25) is 5.43 Å². The number of carbonyl (C=O) groups is 5. The number of carboxylic acid groups (broad SMARTS) is 1. The van der Waals surface area contributed by atoms with E-state index in [-0.39, 0.29) is 74.0 Å². The monoisotopic (exact) mass is 1320 g/mol. The molecule has 0 aliphatic carbocycles. The third-order valence-electron chi connectivity index (χ3n) is 18.1. The maximum Gasteiger partial charge on any atom is 0.341 e. The standard InChI is InChI=1S/C43H58N4O12.C18H20FN3O4.C6H7N3O/c1-21-12-11-13-22(2)42(55)45-33-28(20-44-47-17-15-46(9)16-18-47)37(52)30-31(38(33)53)36(51)26(6)40-32(30)41(54)43(8,59-40)57-19-14-29(56-10)23(3)39(58-27(7)48)25(5)35(50)24(4)34(21)49;1-10-9-26-17-14-11(16(23)12(18(24)25)8-22(10)14)7-13(19)15(17)21-5-3-20(2)4-6-21;7-9-6(10)5-1-3-8-4-2-5/h11-14,19-21,23-25,29,34-35,39,49-53H,15-18H2,1-10H3,(H,45,55);7-8,10H,3-6,9H2,1-2H3,(H,24,25);1-4H,7H2,(H,9,10)/b12-11+,19-14+,22-13-,44-20+;;/t21-,23+,24+,25+,29-,34-,35+,39+,43-;;/m0../s1. The summed E-state index contributed by atoms with van der Waals surface area (Å²) < 4.78 is 46.2. The number of aromatic carboxylic acids is 1. The molecular formula is C67H85FN10O17. The number of aliphatic hydroxyl groups excluding tert-OH is 2. The van der Waals surface area contributed by atoms with Crippen molar-refractivity contribution in [2.24, 2.45) is 34.6 Å². The number of carboxylic acids is 1. The van der Waals surface area contributed by atoms with Gasteiger partial charge in [-0.1, -0.05) is 45.9 Å². The Morgan fingerprint density at radius 1 is 0.874 bits per heavy atom. The lowest BCUT2D eigenvalue weighted by Gasteiger charge is -2.38. The quantitative estimate of drug-likeness (QED) is 0.0183. The van der Waals surface area contributed by atoms with Crippen molar-refractivity contribution < 1.29 is 82.7 Å². The van der Waals surface area contributed by atoms with Gasteiger partial charge in [-0.05, 0) is 59.1 Å². The van der Waals surface area contributed by atoms with Gasteiger partial charge in [0.1, 0.15) is 41.2 Å². The largest absolute Gasteiger partial charge is 0.507 e. The number of phenolic OH excluding ortho intramolecular Hbond substituents is 3. The Morgan fingerprint density at radius 2 is 1.52 bits per heavy atom. The highest BCUT2D eigenvalue weighted by Crippen LogP contribution is 2.55. The van der Waals surface area contributed by atoms with Crippen molar-refractivity contribution in [3.63, 3.8) is 0 Å². The number of methoxy groups -OCH3 is 1. The molecule has 27 nitrogen and oxygen atoms in total. The van der Waals surface area contributed by atoms with E-state index in [4.69, 9.17) is 29.5 Å². The van der Waals surface area contributed by atoms with Crippen LogP contribution in [0.15, 0.2) is 82.8 Å². The van der Waals surface area contributed by atoms with Gasteiger partial charge in [0.05, 0.1) is 69.9 Å². The molecule has 5 aromatic rings. The van der Waals surface area contributed by atoms with Crippen LogP contribution < -0.4 is 36.4 Å². The first kappa shape index (κ1) is 71.7. The minimum absolute atomic E-state index is 0.0434. The summed E-state index contributed by atoms with van der Waals surface area (Å²) in [5.41, 5.74) is 1.95. The summed E-state index contributed by atoms with van der Waals surface area (Å²) in [4.78, 5) is 85.2. The van der Waals surface area contributed by atoms with Crippen molar-refractivity contribution in [3.05, 3.63) is 117 Å². The van der Waals surface area contributed by atoms with Gasteiger partial charge in [0.15, 0.2) is 17.3 Å². The molecule has 0 saturated carbocycles. The van der Waals surface area contributed by atoms with Crippen LogP contribution in [0.3, 0.4) is 0 Å². The number of aromatic hydroxyl groups is 3. The second-order valence-corrected chi connectivity index (χ2v) is 24.8. The Kier molecular flexibility index (Phi) is 22.7. The highest BCUT2D eigenvalue weighted by atomic mass is 19.1. The molecule has 95 heavy (non-hydrogen) atoms. The van der Waals surface area contributed by atoms with Crippen molar-refractivity contribution in [3.8, 4) is 28.7 Å². The second kappa shape index (κ2) is 30.0. The van der Waals surface area contributed by atoms with Crippen LogP contribution in [0.1, 0.15) is 104 Å². The number of anilines is 2. The smallest absolute Gasteiger partial charge is 0.341 e. The molecule has 10 N–H and O–H groups in total. The molecule has 512 valence electrons. The number of esters is 1. The number of allylic oxidation sites excluding steroid dienone is 2. The molecule has 28 heteroatoms. The average molecular weight is 1320 g/mol. The molecule has 5 bridgehead atoms. The first-order chi connectivity index (χ1) is 45.0. The number of aromatic nitrogens is 2. The minimum atomic E-state index is -2.04. The molecule has 2 fully saturated rings. The number of hydrogen-bond acceptors (Lipinski definition) is 23. The van der Waals surface area contributed by atoms with Crippen LogP contribution in [0.5, 0.6) is 28.7 Å². The molecule has 11 rings (SSSR count). The average Bonchev–Trinajstić information content (AvgIpc) is 1.68. The van der Waals surface area contributed by atoms with Crippen LogP contribution in [0, 0.1) is 36.4 Å². The summed E-state index contributed by atoms with van der Waals surface area (Å²) in [5.74, 6) is -5.30. The number of ketones is 1. The van der Waals surface area contributed by atoms with Crippen LogP contribution in [0.2, 0.25) is 0 Å². The summed E-state index contributed by atoms with van der Waals surface area (Å²) >= 11 is 0. The van der Waals surface area contributed by atoms with Gasteiger partial charge >= 0.3 is 17.7 Å². The van der Waals surface area contributed by atoms with E-state index in [1.807, 2.05) is 31.3 Å². The number of fused-ring (bicyclic) bond motifs is 14. The van der Waals surface area contributed by atoms with Crippen LogP contribution in [-0.2, 0) is 23.8 Å². The lowest BCUT2D eigenvalue weighted by molar-refractivity contribution is -0.160. The molecule has 3 aromatic carbocycles. The van der Waals surface area contributed by atoms with Gasteiger partial charge in [0, 0.05) is 138 Å². The van der Waals surface area contributed by atoms with Gasteiger partial charge < -0.3 is 78.9 Å². The molecule has 0 radical (unpaired) electrons. The molecular weight excluding hydrogens is 1240 g/mol. The number of carbonyl (C=O) groups excluding carboxylic acids is 4. The minimum Gasteiger partial charge on any atom is -0.507 e. The van der Waals surface area contributed by atoms with Gasteiger partial charge in [-0.3, -0.25) is 39.4 Å². The normalized spacial score (nSPS) is 26.4. The summed E-state index contributed by atoms with van der Waals surface area (Å²) in [6.07, 6.45) is 9.27. The van der Waals surface area contributed by atoms with Crippen LogP contribution in [-0.4, -0.2) is 201 Å². The van der Waals surface area contributed by atoms with E-state index in [9.17, 15) is 63.8 Å². The van der Waals surface area contributed by atoms with Crippen molar-refractivity contribution in [2.45, 2.75) is 98.6 Å². The molecule has 2 amide bonds. The predicted octanol–water partition coefficient (Wildman–Crippen LogP) is 5.56. The fourth-order valence-corrected chi connectivity index (χ4v) is 12.2. The number of aliphatic hydroxyl groups is 2. The lowest BCUT2D eigenvalue weighted by Crippen LogP contribution is -2.46. The van der Waals surface area contributed by atoms with Crippen LogP contribution >= 0.6 is 0 Å². The highest BCUT2D eigenvalue weighted by Gasteiger charge is 2.50. The molecule has 8 heterocycles. The maximum absolute atomic E-state index is 15.0. The zero-order valence-corrected chi connectivity index (χ0v) is 55.2. The van der Waals surface area contributed by atoms with Gasteiger partial charge in [-0.25, -0.2) is 15.0 Å². The van der Waals surface area contributed by atoms with E-state index in [0.717, 1.165) is 32.2 Å². The number of benzene rings is 3. The fraction of sp³-hybridized carbons (Fsp3) is 0.463. The summed E-state index contributed by atoms with van der Waals surface area (Å²) in [7, 11) is 5.44. The van der Waals surface area contributed by atoms with Gasteiger partial charge in [-0.15, -0.1) is 0 Å². The number of likely N-dealkylation sites (N-methyl/N-ethyl adjacent to an activating group) is 2. The number of rotatable bonds is 7. The van der Waals surface area contributed by atoms with Gasteiger partial charge in [-0.2, -0.15) is 5.10 Å². The van der Waals surface area contributed by atoms with Crippen molar-refractivity contribution >= 4 is 68.8 Å². The SMILES string of the molecule is CC1COc2c(N3CCN(C)CC3)c(F)cc3c(=O)c(C(=O)O)cn1c23.CO[C@H]1/C=C/O[C@@]2(C)Oc3c(C)c(O)c4c(O)c(c(/C=N/N5CCN(C)CC5)c(O)c4c3C2=O)NC(=O)/C(C)=C\C=C\[C@H](C)[C@H](O)[C@@H](C)[C@@H](O)[C@@H](C)[C@H](OC(C)=O)[C@@H]1C.NNC(=O)c1ccncc1. The first-order valence-corrected chi connectivity index (χ1v) is 31.1. The Morgan fingerprint density at radius 3 is 2.13 bits per heavy atom. The molecule has 2 aromatic heterocycles. The van der Waals surface area contributed by atoms with E-state index in [2.05, 4.69) is 25.2 Å². The number of ether oxygens (including phenoxy) is 5. The van der Waals surface area contributed by atoms with Crippen molar-refractivity contribution in [2.75, 3.05) is 90.4 Å². The Bertz CT molecular complexity index is 3920. The van der Waals surface area contributed by atoms with Crippen molar-refractivity contribution in [1.29, 1.82) is 0 Å². The summed E-state index contributed by atoms with van der Waals surface area (Å²) in [6.45, 7) is 20.2. The number of piperazine rings is 2. The number of halogens is 1. The Hall–Kier alpha value is -9.19. The maximum atomic E-state index is 15.0. The zero-order valence-electron chi connectivity index (χ0n) is 55.2. The number of amides is 2. The number of phenols is 3. The van der Waals surface area contributed by atoms with E-state index < -0.39 is 106 Å². The third-order valence-corrected chi connectivity index (χ3v) is 18.1. The Balaban J connectivity index is 0.000000259. The number of pyridine rings is 2.